The summed E-state index contributed by atoms with van der Waals surface area (Å²) >= 11 is 0. The van der Waals surface area contributed by atoms with E-state index < -0.39 is 11.7 Å². The molecule has 0 heterocycles. The van der Waals surface area contributed by atoms with Gasteiger partial charge in [-0.15, -0.1) is 0 Å². The van der Waals surface area contributed by atoms with Crippen LogP contribution in [0.3, 0.4) is 0 Å². The van der Waals surface area contributed by atoms with Crippen LogP contribution in [-0.2, 0) is 4.74 Å². The Bertz CT molecular complexity index is 385. The lowest BCUT2D eigenvalue weighted by atomic mass is 10.0. The number of hydrogen-bond acceptors (Lipinski definition) is 3. The van der Waals surface area contributed by atoms with E-state index in [4.69, 9.17) is 10.5 Å². The van der Waals surface area contributed by atoms with E-state index in [1.54, 1.807) is 0 Å². The second-order valence-electron chi connectivity index (χ2n) is 5.37. The molecule has 1 aromatic rings. The molecule has 0 aliphatic rings. The van der Waals surface area contributed by atoms with Crippen LogP contribution in [0.1, 0.15) is 39.3 Å². The molecule has 3 N–H and O–H groups in total. The monoisotopic (exact) mass is 250 g/mol. The lowest BCUT2D eigenvalue weighted by Gasteiger charge is -2.25. The van der Waals surface area contributed by atoms with Crippen molar-refractivity contribution >= 4 is 6.09 Å². The first kappa shape index (κ1) is 14.5. The number of carbonyl (C=O) groups excluding carboxylic acids is 1. The number of amides is 1. The molecule has 0 saturated carbocycles. The average molecular weight is 250 g/mol. The van der Waals surface area contributed by atoms with E-state index in [0.29, 0.717) is 0 Å². The van der Waals surface area contributed by atoms with Gasteiger partial charge in [0, 0.05) is 12.1 Å². The Balaban J connectivity index is 2.55. The third-order valence-corrected chi connectivity index (χ3v) is 2.47. The van der Waals surface area contributed by atoms with E-state index in [2.05, 4.69) is 5.32 Å². The molecule has 0 aliphatic carbocycles. The highest BCUT2D eigenvalue weighted by Crippen LogP contribution is 2.14. The fourth-order valence-corrected chi connectivity index (χ4v) is 1.55. The summed E-state index contributed by atoms with van der Waals surface area (Å²) in [6.45, 7) is 7.35. The van der Waals surface area contributed by atoms with E-state index >= 15 is 0 Å². The minimum Gasteiger partial charge on any atom is -0.444 e. The van der Waals surface area contributed by atoms with Crippen molar-refractivity contribution < 1.29 is 9.53 Å². The van der Waals surface area contributed by atoms with Gasteiger partial charge in [-0.25, -0.2) is 4.79 Å². The molecule has 0 bridgehead atoms. The summed E-state index contributed by atoms with van der Waals surface area (Å²) in [5, 5.41) is 2.75. The van der Waals surface area contributed by atoms with Crippen molar-refractivity contribution in [2.24, 2.45) is 5.73 Å². The molecule has 4 heteroatoms. The maximum absolute atomic E-state index is 11.6. The van der Waals surface area contributed by atoms with Gasteiger partial charge in [0.1, 0.15) is 5.60 Å². The van der Waals surface area contributed by atoms with Gasteiger partial charge in [-0.3, -0.25) is 0 Å². The third-order valence-electron chi connectivity index (χ3n) is 2.47. The van der Waals surface area contributed by atoms with Gasteiger partial charge >= 0.3 is 6.09 Å². The predicted octanol–water partition coefficient (Wildman–Crippen LogP) is 2.60. The number of rotatable bonds is 3. The molecule has 18 heavy (non-hydrogen) atoms. The Hall–Kier alpha value is -1.55. The number of benzene rings is 1. The van der Waals surface area contributed by atoms with Crippen molar-refractivity contribution in [1.29, 1.82) is 0 Å². The standard InChI is InChI=1S/C14H22N2O2/c1-10(16-13(17)18-14(2,3)4)12(15)11-8-6-5-7-9-11/h5-10,12H,15H2,1-4H3,(H,16,17)/t10-,12?/m0/s1. The van der Waals surface area contributed by atoms with Crippen molar-refractivity contribution in [3.63, 3.8) is 0 Å². The van der Waals surface area contributed by atoms with Crippen LogP contribution < -0.4 is 11.1 Å². The van der Waals surface area contributed by atoms with E-state index in [9.17, 15) is 4.79 Å². The summed E-state index contributed by atoms with van der Waals surface area (Å²) in [5.74, 6) is 0. The summed E-state index contributed by atoms with van der Waals surface area (Å²) in [5.41, 5.74) is 6.57. The summed E-state index contributed by atoms with van der Waals surface area (Å²) in [7, 11) is 0. The Morgan fingerprint density at radius 2 is 1.83 bits per heavy atom. The predicted molar refractivity (Wildman–Crippen MR) is 72.2 cm³/mol. The average Bonchev–Trinajstić information content (AvgIpc) is 2.26. The highest BCUT2D eigenvalue weighted by atomic mass is 16.6. The van der Waals surface area contributed by atoms with E-state index in [0.717, 1.165) is 5.56 Å². The molecule has 1 amide bonds. The molecule has 0 aliphatic heterocycles. The van der Waals surface area contributed by atoms with Crippen LogP contribution in [0.25, 0.3) is 0 Å². The fraction of sp³-hybridized carbons (Fsp3) is 0.500. The number of hydrogen-bond donors (Lipinski definition) is 2. The quantitative estimate of drug-likeness (QED) is 0.866. The smallest absolute Gasteiger partial charge is 0.407 e. The van der Waals surface area contributed by atoms with Gasteiger partial charge in [-0.05, 0) is 33.3 Å². The molecule has 2 atom stereocenters. The molecule has 0 saturated heterocycles. The van der Waals surface area contributed by atoms with Crippen LogP contribution in [0, 0.1) is 0 Å². The number of ether oxygens (including phenoxy) is 1. The van der Waals surface area contributed by atoms with Gasteiger partial charge < -0.3 is 15.8 Å². The van der Waals surface area contributed by atoms with Crippen LogP contribution in [0.5, 0.6) is 0 Å². The van der Waals surface area contributed by atoms with Crippen LogP contribution in [0.4, 0.5) is 4.79 Å². The molecular weight excluding hydrogens is 228 g/mol. The molecule has 0 aromatic heterocycles. The molecule has 0 fully saturated rings. The van der Waals surface area contributed by atoms with Crippen molar-refractivity contribution in [3.8, 4) is 0 Å². The lowest BCUT2D eigenvalue weighted by Crippen LogP contribution is -2.42. The topological polar surface area (TPSA) is 64.3 Å². The van der Waals surface area contributed by atoms with Gasteiger partial charge in [0.2, 0.25) is 0 Å². The summed E-state index contributed by atoms with van der Waals surface area (Å²) in [4.78, 5) is 11.6. The Morgan fingerprint density at radius 1 is 1.28 bits per heavy atom. The fourth-order valence-electron chi connectivity index (χ4n) is 1.55. The van der Waals surface area contributed by atoms with Crippen LogP contribution in [0.2, 0.25) is 0 Å². The molecule has 4 nitrogen and oxygen atoms in total. The zero-order chi connectivity index (χ0) is 13.8. The molecule has 100 valence electrons. The van der Waals surface area contributed by atoms with Crippen molar-refractivity contribution in [1.82, 2.24) is 5.32 Å². The van der Waals surface area contributed by atoms with E-state index in [-0.39, 0.29) is 12.1 Å². The SMILES string of the molecule is C[C@H](NC(=O)OC(C)(C)C)C(N)c1ccccc1. The molecule has 1 rings (SSSR count). The van der Waals surface area contributed by atoms with Gasteiger partial charge in [-0.2, -0.15) is 0 Å². The molecular formula is C14H22N2O2. The first-order valence-corrected chi connectivity index (χ1v) is 6.09. The Morgan fingerprint density at radius 3 is 2.33 bits per heavy atom. The normalized spacial score (nSPS) is 14.7. The summed E-state index contributed by atoms with van der Waals surface area (Å²) in [6.07, 6.45) is -0.443. The van der Waals surface area contributed by atoms with Gasteiger partial charge in [0.25, 0.3) is 0 Å². The van der Waals surface area contributed by atoms with Crippen molar-refractivity contribution in [2.45, 2.75) is 45.4 Å². The lowest BCUT2D eigenvalue weighted by molar-refractivity contribution is 0.0501. The molecule has 1 aromatic carbocycles. The second kappa shape index (κ2) is 5.87. The third kappa shape index (κ3) is 4.75. The highest BCUT2D eigenvalue weighted by molar-refractivity contribution is 5.68. The van der Waals surface area contributed by atoms with Crippen LogP contribution in [-0.4, -0.2) is 17.7 Å². The molecule has 1 unspecified atom stereocenters. The highest BCUT2D eigenvalue weighted by Gasteiger charge is 2.21. The van der Waals surface area contributed by atoms with E-state index in [1.807, 2.05) is 58.0 Å². The number of nitrogens with two attached hydrogens (primary N) is 1. The summed E-state index contributed by atoms with van der Waals surface area (Å²) < 4.78 is 5.19. The minimum absolute atomic E-state index is 0.192. The maximum Gasteiger partial charge on any atom is 0.407 e. The minimum atomic E-state index is -0.499. The first-order valence-electron chi connectivity index (χ1n) is 6.09. The zero-order valence-electron chi connectivity index (χ0n) is 11.4. The number of nitrogens with one attached hydrogen (secondary N) is 1. The second-order valence-corrected chi connectivity index (χ2v) is 5.37. The first-order chi connectivity index (χ1) is 8.29. The van der Waals surface area contributed by atoms with E-state index in [1.165, 1.54) is 0 Å². The maximum atomic E-state index is 11.6. The van der Waals surface area contributed by atoms with Crippen LogP contribution in [0.15, 0.2) is 30.3 Å². The zero-order valence-corrected chi connectivity index (χ0v) is 11.4. The van der Waals surface area contributed by atoms with Crippen LogP contribution >= 0.6 is 0 Å². The number of alkyl carbamates (subject to hydrolysis) is 1. The number of carbonyl (C=O) groups is 1. The summed E-state index contributed by atoms with van der Waals surface area (Å²) in [6, 6.07) is 9.23. The van der Waals surface area contributed by atoms with Gasteiger partial charge in [0.05, 0.1) is 0 Å². The van der Waals surface area contributed by atoms with Gasteiger partial charge in [0.15, 0.2) is 0 Å². The largest absolute Gasteiger partial charge is 0.444 e. The van der Waals surface area contributed by atoms with Crippen molar-refractivity contribution in [3.05, 3.63) is 35.9 Å². The van der Waals surface area contributed by atoms with Crippen molar-refractivity contribution in [2.75, 3.05) is 0 Å². The van der Waals surface area contributed by atoms with Gasteiger partial charge in [-0.1, -0.05) is 30.3 Å². The Kier molecular flexibility index (Phi) is 4.73. The molecule has 0 spiro atoms. The Labute approximate surface area is 109 Å². The molecule has 0 radical (unpaired) electrons.